The summed E-state index contributed by atoms with van der Waals surface area (Å²) < 4.78 is 2.45. The summed E-state index contributed by atoms with van der Waals surface area (Å²) in [6, 6.07) is 5.29. The number of hydrogen-bond acceptors (Lipinski definition) is 5. The van der Waals surface area contributed by atoms with Gasteiger partial charge in [0.25, 0.3) is 5.91 Å². The average molecular weight is 488 g/mol. The van der Waals surface area contributed by atoms with Gasteiger partial charge in [-0.3, -0.25) is 9.63 Å². The molecule has 3 rings (SSSR count). The Morgan fingerprint density at radius 1 is 1.43 bits per heavy atom. The number of benzene rings is 1. The summed E-state index contributed by atoms with van der Waals surface area (Å²) in [6.07, 6.45) is 4.68. The number of anilines is 2. The Morgan fingerprint density at radius 3 is 2.93 bits per heavy atom. The second-order valence-corrected chi connectivity index (χ2v) is 7.64. The number of amides is 1. The first-order valence-electron chi connectivity index (χ1n) is 8.38. The fraction of sp³-hybridized carbons (Fsp3) is 0.222. The van der Waals surface area contributed by atoms with Crippen LogP contribution in [-0.4, -0.2) is 33.1 Å². The molecule has 0 aliphatic carbocycles. The van der Waals surface area contributed by atoms with Gasteiger partial charge in [0.05, 0.1) is 28.1 Å². The number of nitrogens with one attached hydrogen (secondary N) is 2. The molecule has 10 heteroatoms. The van der Waals surface area contributed by atoms with Gasteiger partial charge < -0.3 is 14.8 Å². The summed E-state index contributed by atoms with van der Waals surface area (Å²) in [4.78, 5) is 22.0. The number of carbonyl (C=O) groups is 1. The Labute approximate surface area is 179 Å². The van der Waals surface area contributed by atoms with Gasteiger partial charge in [-0.2, -0.15) is 0 Å². The van der Waals surface area contributed by atoms with E-state index in [2.05, 4.69) is 31.7 Å². The van der Waals surface area contributed by atoms with Crippen molar-refractivity contribution in [1.29, 1.82) is 0 Å². The van der Waals surface area contributed by atoms with Crippen molar-refractivity contribution >= 4 is 62.1 Å². The molecular formula is C18H17BrCl2N4O3. The quantitative estimate of drug-likeness (QED) is 0.424. The Kier molecular flexibility index (Phi) is 6.79. The summed E-state index contributed by atoms with van der Waals surface area (Å²) in [7, 11) is 0. The fourth-order valence-corrected chi connectivity index (χ4v) is 3.43. The third-order valence-electron chi connectivity index (χ3n) is 3.97. The summed E-state index contributed by atoms with van der Waals surface area (Å²) in [5.74, 6) is -0.531. The van der Waals surface area contributed by atoms with Crippen molar-refractivity contribution in [2.24, 2.45) is 0 Å². The number of aromatic nitrogens is 2. The summed E-state index contributed by atoms with van der Waals surface area (Å²) in [6.45, 7) is 1.79. The van der Waals surface area contributed by atoms with Crippen LogP contribution in [0.4, 0.5) is 11.4 Å². The van der Waals surface area contributed by atoms with Crippen LogP contribution in [0.1, 0.15) is 23.7 Å². The highest BCUT2D eigenvalue weighted by Crippen LogP contribution is 2.35. The van der Waals surface area contributed by atoms with Gasteiger partial charge in [0, 0.05) is 23.1 Å². The zero-order valence-corrected chi connectivity index (χ0v) is 17.8. The van der Waals surface area contributed by atoms with Gasteiger partial charge in [0.15, 0.2) is 5.65 Å². The number of fused-ring (bicyclic) bond motifs is 1. The minimum absolute atomic E-state index is 0.0232. The van der Waals surface area contributed by atoms with Gasteiger partial charge in [-0.1, -0.05) is 46.1 Å². The van der Waals surface area contributed by atoms with Crippen molar-refractivity contribution in [3.63, 3.8) is 0 Å². The molecule has 0 spiro atoms. The van der Waals surface area contributed by atoms with E-state index >= 15 is 0 Å². The molecule has 1 atom stereocenters. The van der Waals surface area contributed by atoms with Crippen LogP contribution in [0.2, 0.25) is 10.0 Å². The molecule has 7 nitrogen and oxygen atoms in total. The molecule has 2 heterocycles. The second kappa shape index (κ2) is 9.11. The lowest BCUT2D eigenvalue weighted by Crippen LogP contribution is -2.29. The third-order valence-corrected chi connectivity index (χ3v) is 5.13. The van der Waals surface area contributed by atoms with Crippen molar-refractivity contribution in [3.8, 4) is 0 Å². The van der Waals surface area contributed by atoms with E-state index in [-0.39, 0.29) is 17.2 Å². The molecule has 1 unspecified atom stereocenters. The maximum absolute atomic E-state index is 12.7. The fourth-order valence-electron chi connectivity index (χ4n) is 2.42. The minimum atomic E-state index is -0.667. The molecule has 28 heavy (non-hydrogen) atoms. The SMILES string of the molecule is CCC(O)CONC(=O)c1cn2ccnc2c(Cl)c1Nc1ccc(Br)cc1Cl. The number of aliphatic hydroxyl groups is 1. The predicted molar refractivity (Wildman–Crippen MR) is 112 cm³/mol. The molecule has 0 radical (unpaired) electrons. The first-order valence-corrected chi connectivity index (χ1v) is 9.93. The smallest absolute Gasteiger partial charge is 0.278 e. The predicted octanol–water partition coefficient (Wildman–Crippen LogP) is 4.58. The number of aliphatic hydroxyl groups excluding tert-OH is 1. The number of nitrogens with zero attached hydrogens (tertiary/aromatic N) is 2. The Balaban J connectivity index is 1.96. The van der Waals surface area contributed by atoms with Crippen molar-refractivity contribution in [2.75, 3.05) is 11.9 Å². The molecule has 3 N–H and O–H groups in total. The molecule has 2 aromatic heterocycles. The number of imidazole rings is 1. The highest BCUT2D eigenvalue weighted by atomic mass is 79.9. The van der Waals surface area contributed by atoms with Crippen LogP contribution in [0.15, 0.2) is 41.3 Å². The molecule has 1 amide bonds. The van der Waals surface area contributed by atoms with Crippen molar-refractivity contribution in [2.45, 2.75) is 19.4 Å². The lowest BCUT2D eigenvalue weighted by atomic mass is 10.2. The molecule has 3 aromatic rings. The van der Waals surface area contributed by atoms with Crippen LogP contribution in [0, 0.1) is 0 Å². The summed E-state index contributed by atoms with van der Waals surface area (Å²) in [5, 5.41) is 13.4. The maximum Gasteiger partial charge on any atom is 0.278 e. The molecule has 0 aliphatic rings. The lowest BCUT2D eigenvalue weighted by molar-refractivity contribution is -0.0133. The molecule has 0 aliphatic heterocycles. The zero-order valence-electron chi connectivity index (χ0n) is 14.7. The van der Waals surface area contributed by atoms with Crippen LogP contribution in [0.5, 0.6) is 0 Å². The maximum atomic E-state index is 12.7. The van der Waals surface area contributed by atoms with Crippen LogP contribution in [0.25, 0.3) is 5.65 Å². The second-order valence-electron chi connectivity index (χ2n) is 5.94. The largest absolute Gasteiger partial charge is 0.391 e. The molecule has 0 bridgehead atoms. The Morgan fingerprint density at radius 2 is 2.21 bits per heavy atom. The van der Waals surface area contributed by atoms with Crippen molar-refractivity contribution < 1.29 is 14.7 Å². The first kappa shape index (κ1) is 20.9. The van der Waals surface area contributed by atoms with Crippen molar-refractivity contribution in [3.05, 3.63) is 56.9 Å². The average Bonchev–Trinajstić information content (AvgIpc) is 3.14. The minimum Gasteiger partial charge on any atom is -0.391 e. The van der Waals surface area contributed by atoms with E-state index in [1.165, 1.54) is 0 Å². The summed E-state index contributed by atoms with van der Waals surface area (Å²) >= 11 is 16.2. The molecule has 1 aromatic carbocycles. The standard InChI is InChI=1S/C18H17BrCl2N4O3/c1-2-11(26)9-28-24-18(27)12-8-25-6-5-22-17(25)15(21)16(12)23-14-4-3-10(19)7-13(14)20/h3-8,11,23,26H,2,9H2,1H3,(H,24,27). The normalized spacial score (nSPS) is 12.2. The third kappa shape index (κ3) is 4.59. The van der Waals surface area contributed by atoms with Gasteiger partial charge in [-0.25, -0.2) is 10.5 Å². The number of rotatable bonds is 7. The Hall–Kier alpha value is -1.84. The number of halogens is 3. The molecule has 0 saturated heterocycles. The van der Waals surface area contributed by atoms with E-state index < -0.39 is 12.0 Å². The van der Waals surface area contributed by atoms with E-state index in [0.29, 0.717) is 28.5 Å². The first-order chi connectivity index (χ1) is 13.4. The molecular weight excluding hydrogens is 471 g/mol. The molecule has 0 fully saturated rings. The molecule has 148 valence electrons. The topological polar surface area (TPSA) is 87.9 Å². The van der Waals surface area contributed by atoms with Crippen molar-refractivity contribution in [1.82, 2.24) is 14.9 Å². The monoisotopic (exact) mass is 486 g/mol. The van der Waals surface area contributed by atoms with Gasteiger partial charge in [-0.15, -0.1) is 0 Å². The number of pyridine rings is 1. The van der Waals surface area contributed by atoms with Gasteiger partial charge >= 0.3 is 0 Å². The van der Waals surface area contributed by atoms with Crippen LogP contribution in [0.3, 0.4) is 0 Å². The van der Waals surface area contributed by atoms with Crippen LogP contribution in [-0.2, 0) is 4.84 Å². The zero-order chi connectivity index (χ0) is 20.3. The van der Waals surface area contributed by atoms with Crippen LogP contribution < -0.4 is 10.8 Å². The molecule has 0 saturated carbocycles. The van der Waals surface area contributed by atoms with E-state index in [4.69, 9.17) is 28.0 Å². The number of hydroxylamine groups is 1. The number of hydrogen-bond donors (Lipinski definition) is 3. The summed E-state index contributed by atoms with van der Waals surface area (Å²) in [5.41, 5.74) is 3.94. The van der Waals surface area contributed by atoms with Gasteiger partial charge in [0.2, 0.25) is 0 Å². The van der Waals surface area contributed by atoms with E-state index in [1.807, 2.05) is 13.0 Å². The Bertz CT molecular complexity index is 1010. The highest BCUT2D eigenvalue weighted by Gasteiger charge is 2.20. The van der Waals surface area contributed by atoms with E-state index in [9.17, 15) is 9.90 Å². The van der Waals surface area contributed by atoms with E-state index in [1.54, 1.807) is 35.1 Å². The van der Waals surface area contributed by atoms with Gasteiger partial charge in [0.1, 0.15) is 11.6 Å². The number of carbonyl (C=O) groups excluding carboxylic acids is 1. The highest BCUT2D eigenvalue weighted by molar-refractivity contribution is 9.10. The van der Waals surface area contributed by atoms with E-state index in [0.717, 1.165) is 4.47 Å². The lowest BCUT2D eigenvalue weighted by Gasteiger charge is -2.16. The van der Waals surface area contributed by atoms with Gasteiger partial charge in [-0.05, 0) is 24.6 Å². The van der Waals surface area contributed by atoms with Crippen LogP contribution >= 0.6 is 39.1 Å².